The monoisotopic (exact) mass is 269 g/mol. The molecule has 4 nitrogen and oxygen atoms in total. The number of halogens is 2. The summed E-state index contributed by atoms with van der Waals surface area (Å²) in [6, 6.07) is 6.61. The van der Waals surface area contributed by atoms with Gasteiger partial charge in [-0.2, -0.15) is 5.10 Å². The van der Waals surface area contributed by atoms with Gasteiger partial charge in [0, 0.05) is 11.8 Å². The molecular formula is C11H9Cl2N3O. The Kier molecular flexibility index (Phi) is 3.36. The molecule has 0 radical (unpaired) electrons. The third-order valence-corrected chi connectivity index (χ3v) is 2.77. The molecule has 0 aliphatic carbocycles. The Morgan fingerprint density at radius 1 is 1.35 bits per heavy atom. The van der Waals surface area contributed by atoms with E-state index in [0.717, 1.165) is 5.69 Å². The minimum absolute atomic E-state index is 0.247. The summed E-state index contributed by atoms with van der Waals surface area (Å²) in [6.07, 6.45) is 0. The van der Waals surface area contributed by atoms with Gasteiger partial charge < -0.3 is 5.32 Å². The van der Waals surface area contributed by atoms with Crippen molar-refractivity contribution in [2.24, 2.45) is 0 Å². The van der Waals surface area contributed by atoms with Gasteiger partial charge in [0.05, 0.1) is 15.6 Å². The summed E-state index contributed by atoms with van der Waals surface area (Å²) >= 11 is 11.8. The number of anilines is 1. The highest BCUT2D eigenvalue weighted by atomic mass is 35.5. The molecule has 2 rings (SSSR count). The van der Waals surface area contributed by atoms with Crippen LogP contribution < -0.4 is 5.32 Å². The van der Waals surface area contributed by atoms with Crippen molar-refractivity contribution in [3.05, 3.63) is 45.6 Å². The van der Waals surface area contributed by atoms with Crippen molar-refractivity contribution in [3.8, 4) is 0 Å². The van der Waals surface area contributed by atoms with E-state index in [1.807, 2.05) is 6.92 Å². The van der Waals surface area contributed by atoms with Crippen LogP contribution in [0.1, 0.15) is 16.1 Å². The summed E-state index contributed by atoms with van der Waals surface area (Å²) in [4.78, 5) is 11.9. The van der Waals surface area contributed by atoms with Crippen LogP contribution in [0.5, 0.6) is 0 Å². The molecule has 6 heteroatoms. The first-order valence-corrected chi connectivity index (χ1v) is 5.61. The van der Waals surface area contributed by atoms with Crippen molar-refractivity contribution in [1.29, 1.82) is 0 Å². The summed E-state index contributed by atoms with van der Waals surface area (Å²) in [7, 11) is 0. The number of amides is 1. The molecule has 88 valence electrons. The number of hydrogen-bond donors (Lipinski definition) is 2. The van der Waals surface area contributed by atoms with Crippen LogP contribution in [0, 0.1) is 6.92 Å². The third kappa shape index (κ3) is 2.60. The fraction of sp³-hybridized carbons (Fsp3) is 0.0909. The Hall–Kier alpha value is -1.52. The number of hydrogen-bond acceptors (Lipinski definition) is 2. The molecule has 2 N–H and O–H groups in total. The van der Waals surface area contributed by atoms with Crippen molar-refractivity contribution in [1.82, 2.24) is 10.2 Å². The largest absolute Gasteiger partial charge is 0.305 e. The van der Waals surface area contributed by atoms with E-state index in [2.05, 4.69) is 15.5 Å². The van der Waals surface area contributed by atoms with Crippen LogP contribution in [0.3, 0.4) is 0 Å². The Labute approximate surface area is 108 Å². The first-order chi connectivity index (χ1) is 8.08. The third-order valence-electron chi connectivity index (χ3n) is 2.14. The standard InChI is InChI=1S/C11H9Cl2N3O/c1-6-5-9(16-15-6)14-11(17)10-7(12)3-2-4-8(10)13/h2-5H,1H3,(H2,14,15,16,17). The smallest absolute Gasteiger partial charge is 0.259 e. The molecule has 0 bridgehead atoms. The van der Waals surface area contributed by atoms with Crippen LogP contribution in [0.15, 0.2) is 24.3 Å². The summed E-state index contributed by atoms with van der Waals surface area (Å²) in [5, 5.41) is 9.85. The predicted molar refractivity (Wildman–Crippen MR) is 67.7 cm³/mol. The van der Waals surface area contributed by atoms with Crippen LogP contribution in [-0.2, 0) is 0 Å². The Morgan fingerprint density at radius 2 is 2.00 bits per heavy atom. The second-order valence-corrected chi connectivity index (χ2v) is 4.30. The highest BCUT2D eigenvalue weighted by Gasteiger charge is 2.15. The maximum atomic E-state index is 11.9. The van der Waals surface area contributed by atoms with E-state index in [9.17, 15) is 4.79 Å². The van der Waals surface area contributed by atoms with E-state index in [1.165, 1.54) is 0 Å². The van der Waals surface area contributed by atoms with Gasteiger partial charge in [-0.1, -0.05) is 29.3 Å². The van der Waals surface area contributed by atoms with Gasteiger partial charge in [-0.25, -0.2) is 0 Å². The molecule has 1 aromatic carbocycles. The maximum Gasteiger partial charge on any atom is 0.259 e. The van der Waals surface area contributed by atoms with E-state index >= 15 is 0 Å². The number of nitrogens with zero attached hydrogens (tertiary/aromatic N) is 1. The Bertz CT molecular complexity index is 545. The molecule has 0 fully saturated rings. The number of aromatic amines is 1. The molecule has 1 aromatic heterocycles. The summed E-state index contributed by atoms with van der Waals surface area (Å²) < 4.78 is 0. The number of carbonyl (C=O) groups excluding carboxylic acids is 1. The number of H-pyrrole nitrogens is 1. The zero-order chi connectivity index (χ0) is 12.4. The van der Waals surface area contributed by atoms with Crippen molar-refractivity contribution in [3.63, 3.8) is 0 Å². The van der Waals surface area contributed by atoms with Crippen molar-refractivity contribution in [2.75, 3.05) is 5.32 Å². The Morgan fingerprint density at radius 3 is 2.53 bits per heavy atom. The average molecular weight is 270 g/mol. The lowest BCUT2D eigenvalue weighted by molar-refractivity contribution is 0.102. The molecule has 17 heavy (non-hydrogen) atoms. The highest BCUT2D eigenvalue weighted by Crippen LogP contribution is 2.24. The molecule has 0 aliphatic heterocycles. The Balaban J connectivity index is 2.26. The van der Waals surface area contributed by atoms with Crippen LogP contribution in [0.4, 0.5) is 5.82 Å². The number of nitrogens with one attached hydrogen (secondary N) is 2. The van der Waals surface area contributed by atoms with Crippen molar-refractivity contribution in [2.45, 2.75) is 6.92 Å². The fourth-order valence-electron chi connectivity index (χ4n) is 1.38. The molecule has 0 atom stereocenters. The van der Waals surface area contributed by atoms with Crippen LogP contribution in [0.2, 0.25) is 10.0 Å². The first kappa shape index (κ1) is 12.0. The molecule has 0 spiro atoms. The van der Waals surface area contributed by atoms with Crippen molar-refractivity contribution < 1.29 is 4.79 Å². The van der Waals surface area contributed by atoms with Crippen molar-refractivity contribution >= 4 is 34.9 Å². The van der Waals surface area contributed by atoms with Gasteiger partial charge in [0.25, 0.3) is 5.91 Å². The SMILES string of the molecule is Cc1cc(NC(=O)c2c(Cl)cccc2Cl)n[nH]1. The molecule has 0 aliphatic rings. The summed E-state index contributed by atoms with van der Waals surface area (Å²) in [6.45, 7) is 1.84. The lowest BCUT2D eigenvalue weighted by Crippen LogP contribution is -2.13. The van der Waals surface area contributed by atoms with E-state index in [-0.39, 0.29) is 11.5 Å². The lowest BCUT2D eigenvalue weighted by Gasteiger charge is -2.05. The van der Waals surface area contributed by atoms with Gasteiger partial charge in [-0.3, -0.25) is 9.89 Å². The van der Waals surface area contributed by atoms with E-state index in [1.54, 1.807) is 24.3 Å². The lowest BCUT2D eigenvalue weighted by atomic mass is 10.2. The van der Waals surface area contributed by atoms with Crippen LogP contribution in [-0.4, -0.2) is 16.1 Å². The summed E-state index contributed by atoms with van der Waals surface area (Å²) in [5.74, 6) is 0.0515. The fourth-order valence-corrected chi connectivity index (χ4v) is 1.94. The molecule has 0 unspecified atom stereocenters. The second-order valence-electron chi connectivity index (χ2n) is 3.49. The first-order valence-electron chi connectivity index (χ1n) is 4.85. The summed E-state index contributed by atoms with van der Waals surface area (Å²) in [5.41, 5.74) is 1.10. The normalized spacial score (nSPS) is 10.3. The highest BCUT2D eigenvalue weighted by molar-refractivity contribution is 6.40. The number of carbonyl (C=O) groups is 1. The van der Waals surface area contributed by atoms with Gasteiger partial charge in [0.1, 0.15) is 0 Å². The maximum absolute atomic E-state index is 11.9. The average Bonchev–Trinajstić information content (AvgIpc) is 2.63. The molecular weight excluding hydrogens is 261 g/mol. The van der Waals surface area contributed by atoms with Gasteiger partial charge in [-0.15, -0.1) is 0 Å². The van der Waals surface area contributed by atoms with Crippen LogP contribution >= 0.6 is 23.2 Å². The quantitative estimate of drug-likeness (QED) is 0.879. The number of aryl methyl sites for hydroxylation is 1. The van der Waals surface area contributed by atoms with Crippen LogP contribution in [0.25, 0.3) is 0 Å². The molecule has 2 aromatic rings. The molecule has 1 heterocycles. The van der Waals surface area contributed by atoms with E-state index in [0.29, 0.717) is 15.9 Å². The zero-order valence-corrected chi connectivity index (χ0v) is 10.4. The topological polar surface area (TPSA) is 57.8 Å². The van der Waals surface area contributed by atoms with Gasteiger partial charge in [-0.05, 0) is 19.1 Å². The molecule has 0 saturated carbocycles. The van der Waals surface area contributed by atoms with Gasteiger partial charge in [0.2, 0.25) is 0 Å². The van der Waals surface area contributed by atoms with E-state index < -0.39 is 0 Å². The zero-order valence-electron chi connectivity index (χ0n) is 8.92. The number of benzene rings is 1. The van der Waals surface area contributed by atoms with Gasteiger partial charge >= 0.3 is 0 Å². The van der Waals surface area contributed by atoms with Gasteiger partial charge in [0.15, 0.2) is 5.82 Å². The minimum Gasteiger partial charge on any atom is -0.305 e. The van der Waals surface area contributed by atoms with E-state index in [4.69, 9.17) is 23.2 Å². The molecule has 0 saturated heterocycles. The molecule has 1 amide bonds. The minimum atomic E-state index is -0.382. The predicted octanol–water partition coefficient (Wildman–Crippen LogP) is 3.28. The second kappa shape index (κ2) is 4.77. The number of rotatable bonds is 2. The number of aromatic nitrogens is 2.